The molecule has 8 nitrogen and oxygen atoms in total. The van der Waals surface area contributed by atoms with Gasteiger partial charge in [-0.2, -0.15) is 4.31 Å². The number of ether oxygens (including phenoxy) is 2. The highest BCUT2D eigenvalue weighted by Gasteiger charge is 2.40. The van der Waals surface area contributed by atoms with Crippen LogP contribution in [0.4, 0.5) is 5.69 Å². The van der Waals surface area contributed by atoms with Crippen LogP contribution in [-0.2, 0) is 19.6 Å². The third-order valence-corrected chi connectivity index (χ3v) is 8.80. The van der Waals surface area contributed by atoms with Crippen molar-refractivity contribution in [1.82, 2.24) is 4.31 Å². The Morgan fingerprint density at radius 1 is 1.12 bits per heavy atom. The molecule has 0 spiro atoms. The third-order valence-electron chi connectivity index (χ3n) is 5.66. The zero-order valence-corrected chi connectivity index (χ0v) is 20.1. The number of esters is 1. The second-order valence-corrected chi connectivity index (χ2v) is 10.7. The number of carbonyl (C=O) groups excluding carboxylic acids is 2. The number of benzene rings is 2. The normalized spacial score (nSPS) is 16.6. The molecule has 1 aliphatic rings. The van der Waals surface area contributed by atoms with Crippen LogP contribution in [0.3, 0.4) is 0 Å². The van der Waals surface area contributed by atoms with Gasteiger partial charge in [0.05, 0.1) is 19.1 Å². The minimum Gasteiger partial charge on any atom is -0.497 e. The number of amides is 1. The first-order chi connectivity index (χ1) is 15.7. The number of carbonyl (C=O) groups is 2. The number of hydrogen-bond acceptors (Lipinski definition) is 7. The van der Waals surface area contributed by atoms with Gasteiger partial charge in [-0.3, -0.25) is 4.79 Å². The SMILES string of the molecule is COC(=O)c1cc2cc(NC(=O)[C@H]3CCCN3S(=O)(=O)c3cc(OC)ccc3C)ccc2s1. The van der Waals surface area contributed by atoms with Crippen molar-refractivity contribution in [3.63, 3.8) is 0 Å². The van der Waals surface area contributed by atoms with Crippen LogP contribution >= 0.6 is 11.3 Å². The van der Waals surface area contributed by atoms with Crippen LogP contribution in [0.25, 0.3) is 10.1 Å². The van der Waals surface area contributed by atoms with Crippen LogP contribution in [0.2, 0.25) is 0 Å². The van der Waals surface area contributed by atoms with E-state index in [1.165, 1.54) is 35.9 Å². The predicted molar refractivity (Wildman–Crippen MR) is 126 cm³/mol. The van der Waals surface area contributed by atoms with Crippen molar-refractivity contribution in [3.8, 4) is 5.75 Å². The van der Waals surface area contributed by atoms with Crippen LogP contribution < -0.4 is 10.1 Å². The molecule has 33 heavy (non-hydrogen) atoms. The maximum Gasteiger partial charge on any atom is 0.348 e. The van der Waals surface area contributed by atoms with Gasteiger partial charge in [0.2, 0.25) is 15.9 Å². The fraction of sp³-hybridized carbons (Fsp3) is 0.304. The number of hydrogen-bond donors (Lipinski definition) is 1. The number of sulfonamides is 1. The topological polar surface area (TPSA) is 102 Å². The molecule has 0 unspecified atom stereocenters. The maximum absolute atomic E-state index is 13.4. The molecular weight excluding hydrogens is 464 g/mol. The number of thiophene rings is 1. The first-order valence-corrected chi connectivity index (χ1v) is 12.6. The van der Waals surface area contributed by atoms with Gasteiger partial charge in [0.25, 0.3) is 0 Å². The smallest absolute Gasteiger partial charge is 0.348 e. The van der Waals surface area contributed by atoms with Crippen LogP contribution in [0.15, 0.2) is 47.4 Å². The second kappa shape index (κ2) is 9.12. The summed E-state index contributed by atoms with van der Waals surface area (Å²) < 4.78 is 38.9. The van der Waals surface area contributed by atoms with Gasteiger partial charge < -0.3 is 14.8 Å². The lowest BCUT2D eigenvalue weighted by molar-refractivity contribution is -0.119. The summed E-state index contributed by atoms with van der Waals surface area (Å²) >= 11 is 1.30. The summed E-state index contributed by atoms with van der Waals surface area (Å²) in [4.78, 5) is 25.5. The van der Waals surface area contributed by atoms with Gasteiger partial charge in [-0.25, -0.2) is 13.2 Å². The molecule has 2 aromatic carbocycles. The molecule has 2 heterocycles. The van der Waals surface area contributed by atoms with Crippen LogP contribution in [0.5, 0.6) is 5.75 Å². The number of anilines is 1. The van der Waals surface area contributed by atoms with E-state index in [0.717, 1.165) is 10.1 Å². The molecule has 1 fully saturated rings. The quantitative estimate of drug-likeness (QED) is 0.530. The van der Waals surface area contributed by atoms with Gasteiger partial charge in [-0.1, -0.05) is 6.07 Å². The molecule has 1 aromatic heterocycles. The molecule has 4 rings (SSSR count). The molecule has 0 bridgehead atoms. The predicted octanol–water partition coefficient (Wildman–Crippen LogP) is 3.80. The number of methoxy groups -OCH3 is 2. The number of nitrogens with one attached hydrogen (secondary N) is 1. The van der Waals surface area contributed by atoms with E-state index >= 15 is 0 Å². The fourth-order valence-electron chi connectivity index (χ4n) is 3.95. The molecule has 10 heteroatoms. The van der Waals surface area contributed by atoms with E-state index in [9.17, 15) is 18.0 Å². The minimum atomic E-state index is -3.89. The van der Waals surface area contributed by atoms with E-state index < -0.39 is 22.0 Å². The summed E-state index contributed by atoms with van der Waals surface area (Å²) in [5, 5.41) is 3.63. The van der Waals surface area contributed by atoms with Gasteiger partial charge in [0, 0.05) is 23.0 Å². The van der Waals surface area contributed by atoms with Crippen molar-refractivity contribution in [1.29, 1.82) is 0 Å². The highest BCUT2D eigenvalue weighted by atomic mass is 32.2. The Kier molecular flexibility index (Phi) is 6.42. The molecule has 1 N–H and O–H groups in total. The van der Waals surface area contributed by atoms with Gasteiger partial charge >= 0.3 is 5.97 Å². The first kappa shape index (κ1) is 23.2. The third kappa shape index (κ3) is 4.46. The molecule has 1 amide bonds. The van der Waals surface area contributed by atoms with Crippen LogP contribution in [0.1, 0.15) is 28.1 Å². The van der Waals surface area contributed by atoms with Gasteiger partial charge in [0.15, 0.2) is 0 Å². The van der Waals surface area contributed by atoms with Crippen molar-refractivity contribution in [3.05, 3.63) is 52.9 Å². The Balaban J connectivity index is 1.57. The standard InChI is InChI=1S/C23H24N2O6S2/c1-14-6-8-17(30-2)13-21(14)33(28,29)25-10-4-5-18(25)22(26)24-16-7-9-19-15(11-16)12-20(32-19)23(27)31-3/h6-9,11-13,18H,4-5,10H2,1-3H3,(H,24,26)/t18-/m1/s1. The van der Waals surface area contributed by atoms with E-state index in [2.05, 4.69) is 5.32 Å². The highest BCUT2D eigenvalue weighted by Crippen LogP contribution is 2.32. The average Bonchev–Trinajstić information content (AvgIpc) is 3.46. The summed E-state index contributed by atoms with van der Waals surface area (Å²) in [6.07, 6.45) is 1.02. The number of fused-ring (bicyclic) bond motifs is 1. The van der Waals surface area contributed by atoms with Crippen LogP contribution in [-0.4, -0.2) is 51.4 Å². The van der Waals surface area contributed by atoms with Crippen molar-refractivity contribution in [2.45, 2.75) is 30.7 Å². The highest BCUT2D eigenvalue weighted by molar-refractivity contribution is 7.89. The largest absolute Gasteiger partial charge is 0.497 e. The number of rotatable bonds is 6. The Morgan fingerprint density at radius 2 is 1.91 bits per heavy atom. The summed E-state index contributed by atoms with van der Waals surface area (Å²) in [5.41, 5.74) is 1.12. The summed E-state index contributed by atoms with van der Waals surface area (Å²) in [5.74, 6) is -0.365. The van der Waals surface area contributed by atoms with Crippen molar-refractivity contribution < 1.29 is 27.5 Å². The molecule has 1 saturated heterocycles. The first-order valence-electron chi connectivity index (χ1n) is 10.3. The van der Waals surface area contributed by atoms with E-state index in [1.807, 2.05) is 6.07 Å². The zero-order valence-electron chi connectivity index (χ0n) is 18.5. The maximum atomic E-state index is 13.4. The molecule has 0 saturated carbocycles. The van der Waals surface area contributed by atoms with Gasteiger partial charge in [-0.15, -0.1) is 11.3 Å². The molecule has 174 valence electrons. The molecule has 3 aromatic rings. The average molecular weight is 489 g/mol. The molecule has 1 atom stereocenters. The number of aryl methyl sites for hydroxylation is 1. The Bertz CT molecular complexity index is 1330. The summed E-state index contributed by atoms with van der Waals surface area (Å²) in [6.45, 7) is 1.99. The van der Waals surface area contributed by atoms with E-state index in [4.69, 9.17) is 9.47 Å². The zero-order chi connectivity index (χ0) is 23.8. The van der Waals surface area contributed by atoms with Crippen molar-refractivity contribution >= 4 is 49.0 Å². The van der Waals surface area contributed by atoms with Gasteiger partial charge in [0.1, 0.15) is 16.7 Å². The Hall–Kier alpha value is -2.95. The van der Waals surface area contributed by atoms with E-state index in [1.54, 1.807) is 37.3 Å². The minimum absolute atomic E-state index is 0.136. The Morgan fingerprint density at radius 3 is 2.64 bits per heavy atom. The van der Waals surface area contributed by atoms with Crippen LogP contribution in [0, 0.1) is 6.92 Å². The molecule has 1 aliphatic heterocycles. The lowest BCUT2D eigenvalue weighted by Crippen LogP contribution is -2.43. The Labute approximate surface area is 196 Å². The van der Waals surface area contributed by atoms with Gasteiger partial charge in [-0.05, 0) is 61.0 Å². The second-order valence-electron chi connectivity index (χ2n) is 7.75. The van der Waals surface area contributed by atoms with E-state index in [-0.39, 0.29) is 17.3 Å². The molecular formula is C23H24N2O6S2. The monoisotopic (exact) mass is 488 g/mol. The lowest BCUT2D eigenvalue weighted by atomic mass is 10.2. The fourth-order valence-corrected chi connectivity index (χ4v) is 6.81. The number of nitrogens with zero attached hydrogens (tertiary/aromatic N) is 1. The molecule has 0 aliphatic carbocycles. The summed E-state index contributed by atoms with van der Waals surface area (Å²) in [7, 11) is -1.09. The lowest BCUT2D eigenvalue weighted by Gasteiger charge is -2.24. The van der Waals surface area contributed by atoms with Crippen molar-refractivity contribution in [2.75, 3.05) is 26.1 Å². The molecule has 0 radical (unpaired) electrons. The van der Waals surface area contributed by atoms with E-state index in [0.29, 0.717) is 34.7 Å². The van der Waals surface area contributed by atoms with Crippen molar-refractivity contribution in [2.24, 2.45) is 0 Å². The summed E-state index contributed by atoms with van der Waals surface area (Å²) in [6, 6.07) is 11.1.